The summed E-state index contributed by atoms with van der Waals surface area (Å²) >= 11 is 3.29. The number of halogens is 1. The van der Waals surface area contributed by atoms with Crippen LogP contribution in [0.2, 0.25) is 0 Å². The summed E-state index contributed by atoms with van der Waals surface area (Å²) in [5.74, 6) is 0.0779. The molecule has 24 heavy (non-hydrogen) atoms. The second-order valence-electron chi connectivity index (χ2n) is 5.61. The molecule has 1 heterocycles. The van der Waals surface area contributed by atoms with E-state index in [1.54, 1.807) is 35.2 Å². The molecule has 0 unspecified atom stereocenters. The van der Waals surface area contributed by atoms with Gasteiger partial charge in [0.15, 0.2) is 0 Å². The van der Waals surface area contributed by atoms with E-state index in [4.69, 9.17) is 0 Å². The van der Waals surface area contributed by atoms with Gasteiger partial charge in [0.25, 0.3) is 10.0 Å². The molecule has 1 saturated heterocycles. The highest BCUT2D eigenvalue weighted by Crippen LogP contribution is 2.25. The van der Waals surface area contributed by atoms with Crippen LogP contribution in [-0.2, 0) is 14.8 Å². The number of anilines is 2. The molecule has 3 rings (SSSR count). The molecule has 1 aliphatic heterocycles. The largest absolute Gasteiger partial charge is 0.312 e. The molecule has 1 fully saturated rings. The number of carbonyl (C=O) groups excluding carboxylic acids is 1. The molecule has 0 aromatic heterocycles. The topological polar surface area (TPSA) is 66.5 Å². The smallest absolute Gasteiger partial charge is 0.261 e. The van der Waals surface area contributed by atoms with E-state index < -0.39 is 10.0 Å². The Balaban J connectivity index is 1.84. The van der Waals surface area contributed by atoms with Crippen LogP contribution >= 0.6 is 15.9 Å². The van der Waals surface area contributed by atoms with Gasteiger partial charge in [-0.25, -0.2) is 8.42 Å². The van der Waals surface area contributed by atoms with Gasteiger partial charge in [0, 0.05) is 23.1 Å². The number of rotatable bonds is 4. The average molecular weight is 409 g/mol. The second-order valence-corrected chi connectivity index (χ2v) is 8.21. The van der Waals surface area contributed by atoms with E-state index in [-0.39, 0.29) is 10.8 Å². The zero-order valence-electron chi connectivity index (χ0n) is 12.9. The second kappa shape index (κ2) is 6.94. The van der Waals surface area contributed by atoms with Crippen molar-refractivity contribution in [3.05, 3.63) is 53.0 Å². The van der Waals surface area contributed by atoms with Gasteiger partial charge in [-0.3, -0.25) is 9.52 Å². The van der Waals surface area contributed by atoms with E-state index in [1.807, 2.05) is 6.07 Å². The minimum Gasteiger partial charge on any atom is -0.312 e. The predicted octanol–water partition coefficient (Wildman–Crippen LogP) is 3.77. The van der Waals surface area contributed by atoms with Crippen molar-refractivity contribution in [3.8, 4) is 0 Å². The minimum absolute atomic E-state index is 0.0779. The van der Waals surface area contributed by atoms with Crippen molar-refractivity contribution in [1.29, 1.82) is 0 Å². The highest BCUT2D eigenvalue weighted by Gasteiger charge is 2.20. The van der Waals surface area contributed by atoms with Gasteiger partial charge >= 0.3 is 0 Å². The molecule has 2 aromatic carbocycles. The van der Waals surface area contributed by atoms with E-state index in [0.717, 1.165) is 23.0 Å². The Morgan fingerprint density at radius 1 is 1.04 bits per heavy atom. The van der Waals surface area contributed by atoms with Crippen molar-refractivity contribution in [2.24, 2.45) is 0 Å². The highest BCUT2D eigenvalue weighted by molar-refractivity contribution is 9.10. The Labute approximate surface area is 149 Å². The third kappa shape index (κ3) is 3.79. The summed E-state index contributed by atoms with van der Waals surface area (Å²) in [6.45, 7) is 0.668. The SMILES string of the molecule is O=C1CCCCN1c1cccc(NS(=O)(=O)c2ccc(Br)cc2)c1. The van der Waals surface area contributed by atoms with Gasteiger partial charge < -0.3 is 4.90 Å². The Morgan fingerprint density at radius 2 is 1.79 bits per heavy atom. The summed E-state index contributed by atoms with van der Waals surface area (Å²) in [4.78, 5) is 13.9. The number of hydrogen-bond acceptors (Lipinski definition) is 3. The normalized spacial score (nSPS) is 15.4. The van der Waals surface area contributed by atoms with E-state index in [1.165, 1.54) is 12.1 Å². The third-order valence-corrected chi connectivity index (χ3v) is 5.78. The summed E-state index contributed by atoms with van der Waals surface area (Å²) in [6, 6.07) is 13.4. The van der Waals surface area contributed by atoms with Gasteiger partial charge in [0.05, 0.1) is 10.6 Å². The van der Waals surface area contributed by atoms with Crippen LogP contribution in [0.1, 0.15) is 19.3 Å². The first-order chi connectivity index (χ1) is 11.5. The van der Waals surface area contributed by atoms with Crippen molar-refractivity contribution in [2.45, 2.75) is 24.2 Å². The Hall–Kier alpha value is -1.86. The minimum atomic E-state index is -3.67. The van der Waals surface area contributed by atoms with Crippen LogP contribution in [0, 0.1) is 0 Å². The van der Waals surface area contributed by atoms with Gasteiger partial charge in [-0.15, -0.1) is 0 Å². The first-order valence-corrected chi connectivity index (χ1v) is 9.92. The maximum Gasteiger partial charge on any atom is 0.261 e. The summed E-state index contributed by atoms with van der Waals surface area (Å²) < 4.78 is 28.3. The zero-order valence-corrected chi connectivity index (χ0v) is 15.3. The number of carbonyl (C=O) groups is 1. The molecule has 0 bridgehead atoms. The van der Waals surface area contributed by atoms with Gasteiger partial charge in [-0.05, 0) is 55.3 Å². The first-order valence-electron chi connectivity index (χ1n) is 7.64. The molecule has 0 atom stereocenters. The zero-order chi connectivity index (χ0) is 17.2. The standard InChI is InChI=1S/C17H17BrN2O3S/c18-13-7-9-16(10-8-13)24(22,23)19-14-4-3-5-15(12-14)20-11-2-1-6-17(20)21/h3-5,7-10,12,19H,1-2,6,11H2. The Bertz CT molecular complexity index is 850. The monoisotopic (exact) mass is 408 g/mol. The molecular formula is C17H17BrN2O3S. The van der Waals surface area contributed by atoms with Crippen molar-refractivity contribution in [1.82, 2.24) is 0 Å². The van der Waals surface area contributed by atoms with Crippen molar-refractivity contribution in [3.63, 3.8) is 0 Å². The predicted molar refractivity (Wildman–Crippen MR) is 97.6 cm³/mol. The Kier molecular flexibility index (Phi) is 4.91. The average Bonchev–Trinajstić information content (AvgIpc) is 2.55. The fraction of sp³-hybridized carbons (Fsp3) is 0.235. The van der Waals surface area contributed by atoms with Crippen LogP contribution in [0.3, 0.4) is 0 Å². The molecule has 5 nitrogen and oxygen atoms in total. The number of benzene rings is 2. The van der Waals surface area contributed by atoms with Crippen LogP contribution < -0.4 is 9.62 Å². The van der Waals surface area contributed by atoms with E-state index in [0.29, 0.717) is 18.7 Å². The molecule has 1 amide bonds. The van der Waals surface area contributed by atoms with Crippen LogP contribution in [-0.4, -0.2) is 20.9 Å². The summed E-state index contributed by atoms with van der Waals surface area (Å²) in [7, 11) is -3.67. The van der Waals surface area contributed by atoms with Crippen LogP contribution in [0.5, 0.6) is 0 Å². The highest BCUT2D eigenvalue weighted by atomic mass is 79.9. The summed E-state index contributed by atoms with van der Waals surface area (Å²) in [6.07, 6.45) is 2.40. The maximum absolute atomic E-state index is 12.5. The molecular weight excluding hydrogens is 392 g/mol. The fourth-order valence-corrected chi connectivity index (χ4v) is 3.96. The van der Waals surface area contributed by atoms with Crippen molar-refractivity contribution < 1.29 is 13.2 Å². The number of sulfonamides is 1. The quantitative estimate of drug-likeness (QED) is 0.836. The lowest BCUT2D eigenvalue weighted by molar-refractivity contribution is -0.119. The number of nitrogens with zero attached hydrogens (tertiary/aromatic N) is 1. The molecule has 7 heteroatoms. The van der Waals surface area contributed by atoms with E-state index in [2.05, 4.69) is 20.7 Å². The van der Waals surface area contributed by atoms with E-state index >= 15 is 0 Å². The third-order valence-electron chi connectivity index (χ3n) is 3.86. The lowest BCUT2D eigenvalue weighted by atomic mass is 10.1. The lowest BCUT2D eigenvalue weighted by Crippen LogP contribution is -2.35. The van der Waals surface area contributed by atoms with Gasteiger partial charge in [-0.1, -0.05) is 22.0 Å². The summed E-state index contributed by atoms with van der Waals surface area (Å²) in [5.41, 5.74) is 1.16. The molecule has 126 valence electrons. The van der Waals surface area contributed by atoms with Crippen molar-refractivity contribution in [2.75, 3.05) is 16.2 Å². The van der Waals surface area contributed by atoms with Crippen LogP contribution in [0.4, 0.5) is 11.4 Å². The van der Waals surface area contributed by atoms with E-state index in [9.17, 15) is 13.2 Å². The molecule has 1 aliphatic rings. The fourth-order valence-electron chi connectivity index (χ4n) is 2.64. The molecule has 2 aromatic rings. The molecule has 0 saturated carbocycles. The molecule has 1 N–H and O–H groups in total. The lowest BCUT2D eigenvalue weighted by Gasteiger charge is -2.27. The first kappa shape index (κ1) is 17.0. The number of nitrogens with one attached hydrogen (secondary N) is 1. The Morgan fingerprint density at radius 3 is 2.50 bits per heavy atom. The van der Waals surface area contributed by atoms with Crippen LogP contribution in [0.15, 0.2) is 57.9 Å². The number of hydrogen-bond donors (Lipinski definition) is 1. The number of piperidine rings is 1. The van der Waals surface area contributed by atoms with Gasteiger partial charge in [-0.2, -0.15) is 0 Å². The molecule has 0 aliphatic carbocycles. The number of amides is 1. The summed E-state index contributed by atoms with van der Waals surface area (Å²) in [5, 5.41) is 0. The van der Waals surface area contributed by atoms with Gasteiger partial charge in [0.2, 0.25) is 5.91 Å². The van der Waals surface area contributed by atoms with Gasteiger partial charge in [0.1, 0.15) is 0 Å². The maximum atomic E-state index is 12.5. The molecule has 0 spiro atoms. The van der Waals surface area contributed by atoms with Crippen LogP contribution in [0.25, 0.3) is 0 Å². The molecule has 0 radical (unpaired) electrons. The van der Waals surface area contributed by atoms with Crippen molar-refractivity contribution >= 4 is 43.2 Å².